The van der Waals surface area contributed by atoms with Gasteiger partial charge in [0.2, 0.25) is 0 Å². The third kappa shape index (κ3) is 5.51. The van der Waals surface area contributed by atoms with Crippen LogP contribution in [0.15, 0.2) is 18.7 Å². The molecule has 0 spiro atoms. The first-order valence-corrected chi connectivity index (χ1v) is 8.27. The Morgan fingerprint density at radius 2 is 2.13 bits per heavy atom. The number of hydrogen-bond acceptors (Lipinski definition) is 5. The minimum absolute atomic E-state index is 0.194. The molecule has 1 aliphatic rings. The molecule has 1 aliphatic heterocycles. The van der Waals surface area contributed by atoms with Crippen LogP contribution in [0, 0.1) is 0 Å². The number of ether oxygens (including phenoxy) is 1. The molecule has 2 rings (SSSR count). The Labute approximate surface area is 138 Å². The summed E-state index contributed by atoms with van der Waals surface area (Å²) in [7, 11) is 0. The summed E-state index contributed by atoms with van der Waals surface area (Å²) in [6.07, 6.45) is 6.40. The molecule has 0 radical (unpaired) electrons. The molecule has 7 nitrogen and oxygen atoms in total. The molecular weight excluding hydrogens is 294 g/mol. The van der Waals surface area contributed by atoms with E-state index in [0.29, 0.717) is 19.6 Å². The number of aryl methyl sites for hydroxylation is 1. The van der Waals surface area contributed by atoms with Crippen molar-refractivity contribution in [3.05, 3.63) is 18.7 Å². The van der Waals surface area contributed by atoms with Gasteiger partial charge in [0.25, 0.3) is 0 Å². The van der Waals surface area contributed by atoms with Gasteiger partial charge in [-0.15, -0.1) is 0 Å². The molecule has 7 heteroatoms. The number of piperazine rings is 1. The van der Waals surface area contributed by atoms with E-state index in [4.69, 9.17) is 10.5 Å². The molecule has 0 bridgehead atoms. The second-order valence-electron chi connectivity index (χ2n) is 7.01. The van der Waals surface area contributed by atoms with Crippen LogP contribution in [0.4, 0.5) is 4.79 Å². The van der Waals surface area contributed by atoms with Gasteiger partial charge in [-0.25, -0.2) is 9.78 Å². The fraction of sp³-hybridized carbons (Fsp3) is 0.750. The van der Waals surface area contributed by atoms with Crippen molar-refractivity contribution in [2.24, 2.45) is 5.73 Å². The lowest BCUT2D eigenvalue weighted by Crippen LogP contribution is -2.58. The zero-order chi connectivity index (χ0) is 16.9. The minimum Gasteiger partial charge on any atom is -0.444 e. The molecule has 1 aromatic rings. The van der Waals surface area contributed by atoms with Crippen molar-refractivity contribution >= 4 is 6.09 Å². The number of hydrogen-bond donors (Lipinski definition) is 1. The van der Waals surface area contributed by atoms with Crippen LogP contribution in [0.3, 0.4) is 0 Å². The van der Waals surface area contributed by atoms with Crippen molar-refractivity contribution in [1.82, 2.24) is 19.4 Å². The lowest BCUT2D eigenvalue weighted by molar-refractivity contribution is 0.00453. The number of amides is 1. The first kappa shape index (κ1) is 17.7. The smallest absolute Gasteiger partial charge is 0.410 e. The predicted molar refractivity (Wildman–Crippen MR) is 89.1 cm³/mol. The quantitative estimate of drug-likeness (QED) is 0.880. The highest BCUT2D eigenvalue weighted by atomic mass is 16.6. The van der Waals surface area contributed by atoms with Gasteiger partial charge in [-0.3, -0.25) is 4.90 Å². The molecule has 2 N–H and O–H groups in total. The van der Waals surface area contributed by atoms with Gasteiger partial charge in [0.15, 0.2) is 0 Å². The van der Waals surface area contributed by atoms with E-state index in [2.05, 4.69) is 14.5 Å². The van der Waals surface area contributed by atoms with Crippen molar-refractivity contribution in [2.75, 3.05) is 32.7 Å². The Hall–Kier alpha value is -1.60. The molecule has 0 saturated carbocycles. The highest BCUT2D eigenvalue weighted by molar-refractivity contribution is 5.68. The van der Waals surface area contributed by atoms with Gasteiger partial charge in [-0.2, -0.15) is 0 Å². The average molecular weight is 323 g/mol. The number of rotatable bonds is 5. The summed E-state index contributed by atoms with van der Waals surface area (Å²) in [6.45, 7) is 10.3. The first-order chi connectivity index (χ1) is 10.9. The number of nitrogens with zero attached hydrogens (tertiary/aromatic N) is 4. The van der Waals surface area contributed by atoms with Gasteiger partial charge in [-0.05, 0) is 27.2 Å². The third-order valence-electron chi connectivity index (χ3n) is 3.95. The fourth-order valence-corrected chi connectivity index (χ4v) is 2.78. The Morgan fingerprint density at radius 3 is 2.74 bits per heavy atom. The van der Waals surface area contributed by atoms with Crippen LogP contribution >= 0.6 is 0 Å². The fourth-order valence-electron chi connectivity index (χ4n) is 2.78. The highest BCUT2D eigenvalue weighted by Crippen LogP contribution is 2.15. The number of carbonyl (C=O) groups is 1. The maximum absolute atomic E-state index is 12.2. The molecule has 0 aromatic carbocycles. The van der Waals surface area contributed by atoms with Gasteiger partial charge < -0.3 is 19.9 Å². The van der Waals surface area contributed by atoms with Crippen molar-refractivity contribution in [2.45, 2.75) is 45.4 Å². The van der Waals surface area contributed by atoms with Gasteiger partial charge in [0.05, 0.1) is 6.33 Å². The lowest BCUT2D eigenvalue weighted by Gasteiger charge is -2.41. The van der Waals surface area contributed by atoms with E-state index in [1.807, 2.05) is 33.3 Å². The number of carbonyl (C=O) groups excluding carboxylic acids is 1. The maximum atomic E-state index is 12.2. The Bertz CT molecular complexity index is 483. The van der Waals surface area contributed by atoms with E-state index in [1.165, 1.54) is 0 Å². The molecule has 1 amide bonds. The van der Waals surface area contributed by atoms with Gasteiger partial charge in [0, 0.05) is 57.7 Å². The van der Waals surface area contributed by atoms with E-state index in [9.17, 15) is 4.79 Å². The summed E-state index contributed by atoms with van der Waals surface area (Å²) in [5.74, 6) is 0. The Balaban J connectivity index is 1.80. The Morgan fingerprint density at radius 1 is 1.35 bits per heavy atom. The summed E-state index contributed by atoms with van der Waals surface area (Å²) < 4.78 is 7.53. The van der Waals surface area contributed by atoms with Crippen LogP contribution in [0.25, 0.3) is 0 Å². The molecule has 1 atom stereocenters. The van der Waals surface area contributed by atoms with Crippen molar-refractivity contribution in [3.8, 4) is 0 Å². The van der Waals surface area contributed by atoms with E-state index in [1.54, 1.807) is 11.1 Å². The number of nitrogens with two attached hydrogens (primary N) is 1. The molecule has 1 aromatic heterocycles. The Kier molecular flexibility index (Phi) is 6.01. The number of aromatic nitrogens is 2. The van der Waals surface area contributed by atoms with Crippen LogP contribution in [-0.2, 0) is 11.3 Å². The second-order valence-corrected chi connectivity index (χ2v) is 7.01. The second kappa shape index (κ2) is 7.79. The predicted octanol–water partition coefficient (Wildman–Crippen LogP) is 1.15. The molecule has 0 aliphatic carbocycles. The van der Waals surface area contributed by atoms with E-state index in [0.717, 1.165) is 26.1 Å². The van der Waals surface area contributed by atoms with Gasteiger partial charge in [-0.1, -0.05) is 0 Å². The summed E-state index contributed by atoms with van der Waals surface area (Å²) in [5, 5.41) is 0. The third-order valence-corrected chi connectivity index (χ3v) is 3.95. The average Bonchev–Trinajstić information content (AvgIpc) is 2.99. The molecular formula is C16H29N5O2. The largest absolute Gasteiger partial charge is 0.444 e. The summed E-state index contributed by atoms with van der Waals surface area (Å²) in [6, 6.07) is 0.194. The zero-order valence-corrected chi connectivity index (χ0v) is 14.4. The summed E-state index contributed by atoms with van der Waals surface area (Å²) in [5.41, 5.74) is 5.45. The monoisotopic (exact) mass is 323 g/mol. The zero-order valence-electron chi connectivity index (χ0n) is 14.4. The summed E-state index contributed by atoms with van der Waals surface area (Å²) >= 11 is 0. The highest BCUT2D eigenvalue weighted by Gasteiger charge is 2.30. The molecule has 2 heterocycles. The molecule has 130 valence electrons. The molecule has 1 fully saturated rings. The number of imidazole rings is 1. The molecule has 1 unspecified atom stereocenters. The van der Waals surface area contributed by atoms with Crippen molar-refractivity contribution < 1.29 is 9.53 Å². The molecule has 23 heavy (non-hydrogen) atoms. The van der Waals surface area contributed by atoms with Crippen LogP contribution in [-0.4, -0.2) is 69.8 Å². The standard InChI is InChI=1S/C16H29N5O2/c1-16(2,3)23-15(22)21-10-9-20(14(11-17)12-21)7-4-6-19-8-5-18-13-19/h5,8,13-14H,4,6-7,9-12,17H2,1-3H3. The van der Waals surface area contributed by atoms with Crippen molar-refractivity contribution in [1.29, 1.82) is 0 Å². The van der Waals surface area contributed by atoms with E-state index >= 15 is 0 Å². The maximum Gasteiger partial charge on any atom is 0.410 e. The van der Waals surface area contributed by atoms with E-state index in [-0.39, 0.29) is 12.1 Å². The van der Waals surface area contributed by atoms with Gasteiger partial charge in [0.1, 0.15) is 5.60 Å². The SMILES string of the molecule is CC(C)(C)OC(=O)N1CCN(CCCn2ccnc2)C(CN)C1. The lowest BCUT2D eigenvalue weighted by atomic mass is 10.1. The van der Waals surface area contributed by atoms with Crippen molar-refractivity contribution in [3.63, 3.8) is 0 Å². The van der Waals surface area contributed by atoms with Crippen LogP contribution in [0.1, 0.15) is 27.2 Å². The first-order valence-electron chi connectivity index (χ1n) is 8.27. The van der Waals surface area contributed by atoms with Crippen LogP contribution < -0.4 is 5.73 Å². The topological polar surface area (TPSA) is 76.6 Å². The van der Waals surface area contributed by atoms with E-state index < -0.39 is 5.60 Å². The van der Waals surface area contributed by atoms with Crippen LogP contribution in [0.5, 0.6) is 0 Å². The molecule has 1 saturated heterocycles. The normalized spacial score (nSPS) is 19.8. The van der Waals surface area contributed by atoms with Gasteiger partial charge >= 0.3 is 6.09 Å². The minimum atomic E-state index is -0.461. The summed E-state index contributed by atoms with van der Waals surface area (Å²) in [4.78, 5) is 20.4. The van der Waals surface area contributed by atoms with Crippen LogP contribution in [0.2, 0.25) is 0 Å².